The lowest BCUT2D eigenvalue weighted by atomic mass is 10.1. The number of nitrogens with zero attached hydrogens (tertiary/aromatic N) is 2. The Bertz CT molecular complexity index is 598. The van der Waals surface area contributed by atoms with Gasteiger partial charge in [-0.25, -0.2) is 4.39 Å². The minimum atomic E-state index is -0.511. The molecule has 1 aromatic carbocycles. The lowest BCUT2D eigenvalue weighted by molar-refractivity contribution is 0.337. The van der Waals surface area contributed by atoms with E-state index in [1.165, 1.54) is 20.3 Å². The molecule has 0 aliphatic heterocycles. The molecule has 0 unspecified atom stereocenters. The summed E-state index contributed by atoms with van der Waals surface area (Å²) < 4.78 is 28.9. The van der Waals surface area contributed by atoms with Gasteiger partial charge in [-0.05, 0) is 18.6 Å². The first-order chi connectivity index (χ1) is 9.12. The highest BCUT2D eigenvalue weighted by Crippen LogP contribution is 2.41. The van der Waals surface area contributed by atoms with Gasteiger partial charge >= 0.3 is 0 Å². The van der Waals surface area contributed by atoms with Crippen molar-refractivity contribution >= 4 is 0 Å². The van der Waals surface area contributed by atoms with Gasteiger partial charge in [0.05, 0.1) is 26.3 Å². The van der Waals surface area contributed by atoms with Crippen LogP contribution in [0.3, 0.4) is 0 Å². The molecule has 0 atom stereocenters. The fourth-order valence-corrected chi connectivity index (χ4v) is 1.83. The average Bonchev–Trinajstić information content (AvgIpc) is 2.86. The standard InChI is InChI=1S/C12H14FN3O3/c1-6-4-7(13)10(17-2)11(18-3)9(6)12-15-8(5-14)19-16-12/h4H,5,14H2,1-3H3. The second-order valence-electron chi connectivity index (χ2n) is 3.83. The van der Waals surface area contributed by atoms with Gasteiger partial charge in [0.2, 0.25) is 11.7 Å². The van der Waals surface area contributed by atoms with Crippen LogP contribution in [0, 0.1) is 12.7 Å². The Morgan fingerprint density at radius 3 is 2.53 bits per heavy atom. The number of aryl methyl sites for hydroxylation is 1. The molecular formula is C12H14FN3O3. The predicted octanol–water partition coefficient (Wildman–Crippen LogP) is 1.66. The maximum absolute atomic E-state index is 13.8. The van der Waals surface area contributed by atoms with Crippen molar-refractivity contribution in [1.82, 2.24) is 10.1 Å². The summed E-state index contributed by atoms with van der Waals surface area (Å²) in [5, 5.41) is 3.81. The largest absolute Gasteiger partial charge is 0.492 e. The molecule has 0 radical (unpaired) electrons. The Balaban J connectivity index is 2.67. The van der Waals surface area contributed by atoms with Gasteiger partial charge in [0.15, 0.2) is 17.3 Å². The first-order valence-corrected chi connectivity index (χ1v) is 5.56. The fraction of sp³-hybridized carbons (Fsp3) is 0.333. The Morgan fingerprint density at radius 1 is 1.32 bits per heavy atom. The maximum Gasteiger partial charge on any atom is 0.240 e. The topological polar surface area (TPSA) is 83.4 Å². The first kappa shape index (κ1) is 13.3. The minimum absolute atomic E-state index is 0.00204. The summed E-state index contributed by atoms with van der Waals surface area (Å²) in [4.78, 5) is 4.11. The number of hydrogen-bond acceptors (Lipinski definition) is 6. The Morgan fingerprint density at radius 2 is 2.00 bits per heavy atom. The number of methoxy groups -OCH3 is 2. The van der Waals surface area contributed by atoms with Crippen LogP contribution in [-0.4, -0.2) is 24.4 Å². The lowest BCUT2D eigenvalue weighted by Crippen LogP contribution is -2.00. The Labute approximate surface area is 109 Å². The lowest BCUT2D eigenvalue weighted by Gasteiger charge is -2.13. The van der Waals surface area contributed by atoms with E-state index in [0.29, 0.717) is 17.0 Å². The van der Waals surface area contributed by atoms with E-state index in [4.69, 9.17) is 19.7 Å². The van der Waals surface area contributed by atoms with Gasteiger partial charge in [0.25, 0.3) is 0 Å². The molecule has 0 fully saturated rings. The van der Waals surface area contributed by atoms with E-state index in [0.717, 1.165) is 0 Å². The second-order valence-corrected chi connectivity index (χ2v) is 3.83. The van der Waals surface area contributed by atoms with Gasteiger partial charge in [-0.2, -0.15) is 4.98 Å². The van der Waals surface area contributed by atoms with E-state index in [2.05, 4.69) is 10.1 Å². The molecule has 6 nitrogen and oxygen atoms in total. The molecule has 0 saturated heterocycles. The van der Waals surface area contributed by atoms with Crippen LogP contribution in [-0.2, 0) is 6.54 Å². The van der Waals surface area contributed by atoms with E-state index in [9.17, 15) is 4.39 Å². The minimum Gasteiger partial charge on any atom is -0.492 e. The fourth-order valence-electron chi connectivity index (χ4n) is 1.83. The molecule has 1 aromatic heterocycles. The molecule has 1 heterocycles. The van der Waals surface area contributed by atoms with Crippen LogP contribution < -0.4 is 15.2 Å². The third-order valence-corrected chi connectivity index (χ3v) is 2.66. The molecule has 7 heteroatoms. The highest BCUT2D eigenvalue weighted by atomic mass is 19.1. The van der Waals surface area contributed by atoms with Crippen LogP contribution in [0.2, 0.25) is 0 Å². The van der Waals surface area contributed by atoms with Crippen molar-refractivity contribution in [2.45, 2.75) is 13.5 Å². The van der Waals surface area contributed by atoms with Crippen molar-refractivity contribution in [3.05, 3.63) is 23.3 Å². The smallest absolute Gasteiger partial charge is 0.240 e. The second kappa shape index (κ2) is 5.23. The highest BCUT2D eigenvalue weighted by molar-refractivity contribution is 5.72. The number of rotatable bonds is 4. The van der Waals surface area contributed by atoms with Crippen molar-refractivity contribution in [2.24, 2.45) is 5.73 Å². The highest BCUT2D eigenvalue weighted by Gasteiger charge is 2.22. The summed E-state index contributed by atoms with van der Waals surface area (Å²) in [6.45, 7) is 1.85. The molecule has 0 amide bonds. The van der Waals surface area contributed by atoms with Crippen LogP contribution in [0.15, 0.2) is 10.6 Å². The third kappa shape index (κ3) is 2.24. The number of halogens is 1. The van der Waals surface area contributed by atoms with Gasteiger partial charge in [-0.15, -0.1) is 0 Å². The van der Waals surface area contributed by atoms with E-state index >= 15 is 0 Å². The third-order valence-electron chi connectivity index (χ3n) is 2.66. The summed E-state index contributed by atoms with van der Waals surface area (Å²) in [6, 6.07) is 1.33. The van der Waals surface area contributed by atoms with Crippen molar-refractivity contribution < 1.29 is 18.4 Å². The molecule has 2 rings (SSSR count). The van der Waals surface area contributed by atoms with Crippen LogP contribution in [0.25, 0.3) is 11.4 Å². The summed E-state index contributed by atoms with van der Waals surface area (Å²) >= 11 is 0. The van der Waals surface area contributed by atoms with Crippen LogP contribution in [0.1, 0.15) is 11.5 Å². The monoisotopic (exact) mass is 267 g/mol. The van der Waals surface area contributed by atoms with Crippen LogP contribution in [0.5, 0.6) is 11.5 Å². The van der Waals surface area contributed by atoms with E-state index in [1.807, 2.05) is 0 Å². The van der Waals surface area contributed by atoms with E-state index in [1.54, 1.807) is 6.92 Å². The summed E-state index contributed by atoms with van der Waals surface area (Å²) in [7, 11) is 2.78. The zero-order valence-corrected chi connectivity index (χ0v) is 10.9. The number of benzene rings is 1. The van der Waals surface area contributed by atoms with Crippen molar-refractivity contribution in [3.63, 3.8) is 0 Å². The first-order valence-electron chi connectivity index (χ1n) is 5.56. The van der Waals surface area contributed by atoms with Gasteiger partial charge in [-0.1, -0.05) is 5.16 Å². The quantitative estimate of drug-likeness (QED) is 0.907. The van der Waals surface area contributed by atoms with Gasteiger partial charge in [-0.3, -0.25) is 0 Å². The predicted molar refractivity (Wildman–Crippen MR) is 65.4 cm³/mol. The van der Waals surface area contributed by atoms with Crippen LogP contribution >= 0.6 is 0 Å². The average molecular weight is 267 g/mol. The van der Waals surface area contributed by atoms with E-state index in [-0.39, 0.29) is 23.9 Å². The maximum atomic E-state index is 13.8. The number of hydrogen-bond donors (Lipinski definition) is 1. The zero-order chi connectivity index (χ0) is 14.0. The molecule has 102 valence electrons. The molecule has 2 aromatic rings. The van der Waals surface area contributed by atoms with E-state index < -0.39 is 5.82 Å². The number of ether oxygens (including phenoxy) is 2. The van der Waals surface area contributed by atoms with Crippen molar-refractivity contribution in [1.29, 1.82) is 0 Å². The normalized spacial score (nSPS) is 10.6. The summed E-state index contributed by atoms with van der Waals surface area (Å²) in [5.41, 5.74) is 6.55. The zero-order valence-electron chi connectivity index (χ0n) is 10.9. The molecular weight excluding hydrogens is 253 g/mol. The molecule has 0 bridgehead atoms. The molecule has 2 N–H and O–H groups in total. The molecule has 19 heavy (non-hydrogen) atoms. The van der Waals surface area contributed by atoms with Crippen molar-refractivity contribution in [2.75, 3.05) is 14.2 Å². The van der Waals surface area contributed by atoms with Gasteiger partial charge in [0.1, 0.15) is 0 Å². The summed E-state index contributed by atoms with van der Waals surface area (Å²) in [6.07, 6.45) is 0. The molecule has 0 aliphatic rings. The number of aromatic nitrogens is 2. The number of nitrogens with two attached hydrogens (primary N) is 1. The van der Waals surface area contributed by atoms with Crippen LogP contribution in [0.4, 0.5) is 4.39 Å². The SMILES string of the molecule is COc1c(F)cc(C)c(-c2noc(CN)n2)c1OC. The summed E-state index contributed by atoms with van der Waals surface area (Å²) in [5.74, 6) is 0.294. The van der Waals surface area contributed by atoms with Crippen molar-refractivity contribution in [3.8, 4) is 22.9 Å². The Hall–Kier alpha value is -2.15. The van der Waals surface area contributed by atoms with Gasteiger partial charge < -0.3 is 19.7 Å². The molecule has 0 spiro atoms. The van der Waals surface area contributed by atoms with Gasteiger partial charge in [0, 0.05) is 0 Å². The molecule has 0 aliphatic carbocycles. The Kier molecular flexibility index (Phi) is 3.66. The molecule has 0 saturated carbocycles.